The van der Waals surface area contributed by atoms with E-state index in [4.69, 9.17) is 9.47 Å². The lowest BCUT2D eigenvalue weighted by atomic mass is 10.1. The van der Waals surface area contributed by atoms with Gasteiger partial charge in [0.15, 0.2) is 11.5 Å². The number of amides is 1. The zero-order valence-electron chi connectivity index (χ0n) is 16.5. The summed E-state index contributed by atoms with van der Waals surface area (Å²) in [6.45, 7) is 5.81. The second kappa shape index (κ2) is 7.72. The zero-order valence-corrected chi connectivity index (χ0v) is 16.5. The van der Waals surface area contributed by atoms with Gasteiger partial charge in [-0.3, -0.25) is 4.79 Å². The number of nitrogens with one attached hydrogen (secondary N) is 1. The van der Waals surface area contributed by atoms with E-state index in [0.29, 0.717) is 5.82 Å². The molecule has 0 aliphatic carbocycles. The number of anilines is 1. The average Bonchev–Trinajstić information content (AvgIpc) is 3.00. The van der Waals surface area contributed by atoms with Crippen LogP contribution in [0.1, 0.15) is 27.2 Å². The van der Waals surface area contributed by atoms with Crippen LogP contribution in [0.5, 0.6) is 11.5 Å². The van der Waals surface area contributed by atoms with Crippen molar-refractivity contribution in [2.75, 3.05) is 19.5 Å². The third-order valence-corrected chi connectivity index (χ3v) is 4.24. The first-order valence-corrected chi connectivity index (χ1v) is 8.70. The summed E-state index contributed by atoms with van der Waals surface area (Å²) < 4.78 is 26.3. The van der Waals surface area contributed by atoms with Crippen LogP contribution in [-0.2, 0) is 0 Å². The van der Waals surface area contributed by atoms with Gasteiger partial charge < -0.3 is 14.8 Å². The van der Waals surface area contributed by atoms with Crippen molar-refractivity contribution in [3.63, 3.8) is 0 Å². The molecule has 0 aliphatic heterocycles. The summed E-state index contributed by atoms with van der Waals surface area (Å²) in [4.78, 5) is 12.7. The molecular formula is C21H22FN3O3. The van der Waals surface area contributed by atoms with Crippen molar-refractivity contribution in [3.8, 4) is 17.2 Å². The molecule has 7 heteroatoms. The monoisotopic (exact) mass is 383 g/mol. The zero-order chi connectivity index (χ0) is 20.4. The Morgan fingerprint density at radius 2 is 1.57 bits per heavy atom. The molecule has 0 saturated carbocycles. The minimum absolute atomic E-state index is 0.150. The Morgan fingerprint density at radius 3 is 2.18 bits per heavy atom. The number of carbonyl (C=O) groups is 1. The predicted octanol–water partition coefficient (Wildman–Crippen LogP) is 4.21. The molecular weight excluding hydrogens is 361 g/mol. The van der Waals surface area contributed by atoms with Gasteiger partial charge in [0.05, 0.1) is 31.2 Å². The topological polar surface area (TPSA) is 65.4 Å². The first kappa shape index (κ1) is 19.4. The second-order valence-electron chi connectivity index (χ2n) is 6.57. The molecule has 1 N–H and O–H groups in total. The summed E-state index contributed by atoms with van der Waals surface area (Å²) in [6.07, 6.45) is 0. The van der Waals surface area contributed by atoms with Crippen molar-refractivity contribution in [2.45, 2.75) is 20.8 Å². The summed E-state index contributed by atoms with van der Waals surface area (Å²) in [7, 11) is 2.83. The van der Waals surface area contributed by atoms with Crippen molar-refractivity contribution in [3.05, 3.63) is 64.6 Å². The first-order valence-electron chi connectivity index (χ1n) is 8.70. The van der Waals surface area contributed by atoms with Crippen molar-refractivity contribution in [1.82, 2.24) is 9.78 Å². The number of carbonyl (C=O) groups excluding carboxylic acids is 1. The van der Waals surface area contributed by atoms with Crippen LogP contribution in [0.3, 0.4) is 0 Å². The van der Waals surface area contributed by atoms with Crippen molar-refractivity contribution < 1.29 is 18.7 Å². The SMILES string of the molecule is COc1cc(F)c(C(=O)Nc2cc(C)nn2-c2cc(C)cc(C)c2)cc1OC. The molecule has 0 atom stereocenters. The van der Waals surface area contributed by atoms with Gasteiger partial charge in [-0.25, -0.2) is 9.07 Å². The van der Waals surface area contributed by atoms with Gasteiger partial charge in [0, 0.05) is 12.1 Å². The predicted molar refractivity (Wildman–Crippen MR) is 105 cm³/mol. The number of rotatable bonds is 5. The van der Waals surface area contributed by atoms with Gasteiger partial charge >= 0.3 is 0 Å². The fourth-order valence-electron chi connectivity index (χ4n) is 3.07. The summed E-state index contributed by atoms with van der Waals surface area (Å²) >= 11 is 0. The Morgan fingerprint density at radius 1 is 0.964 bits per heavy atom. The van der Waals surface area contributed by atoms with E-state index in [-0.39, 0.29) is 17.1 Å². The Hall–Kier alpha value is -3.35. The molecule has 0 radical (unpaired) electrons. The van der Waals surface area contributed by atoms with E-state index >= 15 is 0 Å². The number of ether oxygens (including phenoxy) is 2. The lowest BCUT2D eigenvalue weighted by molar-refractivity contribution is 0.102. The van der Waals surface area contributed by atoms with Crippen LogP contribution in [0.25, 0.3) is 5.69 Å². The number of methoxy groups -OCH3 is 2. The second-order valence-corrected chi connectivity index (χ2v) is 6.57. The normalized spacial score (nSPS) is 10.6. The van der Waals surface area contributed by atoms with Crippen LogP contribution in [0, 0.1) is 26.6 Å². The van der Waals surface area contributed by atoms with Crippen molar-refractivity contribution >= 4 is 11.7 Å². The van der Waals surface area contributed by atoms with E-state index < -0.39 is 11.7 Å². The fourth-order valence-corrected chi connectivity index (χ4v) is 3.07. The summed E-state index contributed by atoms with van der Waals surface area (Å²) in [5.41, 5.74) is 3.54. The van der Waals surface area contributed by atoms with E-state index in [0.717, 1.165) is 28.6 Å². The van der Waals surface area contributed by atoms with Gasteiger partial charge in [0.1, 0.15) is 11.6 Å². The average molecular weight is 383 g/mol. The van der Waals surface area contributed by atoms with E-state index in [2.05, 4.69) is 16.5 Å². The first-order chi connectivity index (χ1) is 13.3. The van der Waals surface area contributed by atoms with Gasteiger partial charge in [-0.05, 0) is 50.1 Å². The molecule has 0 saturated heterocycles. The molecule has 146 valence electrons. The molecule has 3 aromatic rings. The molecule has 1 heterocycles. The third kappa shape index (κ3) is 3.83. The van der Waals surface area contributed by atoms with E-state index in [9.17, 15) is 9.18 Å². The molecule has 6 nitrogen and oxygen atoms in total. The summed E-state index contributed by atoms with van der Waals surface area (Å²) in [5, 5.41) is 7.20. The van der Waals surface area contributed by atoms with Crippen LogP contribution in [0.4, 0.5) is 10.2 Å². The summed E-state index contributed by atoms with van der Waals surface area (Å²) in [5.74, 6) is -0.379. The minimum atomic E-state index is -0.704. The number of aromatic nitrogens is 2. The van der Waals surface area contributed by atoms with Gasteiger partial charge in [-0.15, -0.1) is 0 Å². The molecule has 0 aliphatic rings. The fraction of sp³-hybridized carbons (Fsp3) is 0.238. The Labute approximate surface area is 162 Å². The van der Waals surface area contributed by atoms with Gasteiger partial charge in [0.25, 0.3) is 5.91 Å². The van der Waals surface area contributed by atoms with Gasteiger partial charge in [-0.2, -0.15) is 5.10 Å². The van der Waals surface area contributed by atoms with E-state index in [1.54, 1.807) is 10.7 Å². The van der Waals surface area contributed by atoms with Crippen LogP contribution >= 0.6 is 0 Å². The van der Waals surface area contributed by atoms with Gasteiger partial charge in [-0.1, -0.05) is 6.07 Å². The third-order valence-electron chi connectivity index (χ3n) is 4.24. The van der Waals surface area contributed by atoms with Crippen molar-refractivity contribution in [1.29, 1.82) is 0 Å². The van der Waals surface area contributed by atoms with E-state index in [1.165, 1.54) is 20.3 Å². The molecule has 1 amide bonds. The highest BCUT2D eigenvalue weighted by Crippen LogP contribution is 2.30. The molecule has 2 aromatic carbocycles. The Kier molecular flexibility index (Phi) is 5.35. The molecule has 0 unspecified atom stereocenters. The maximum Gasteiger partial charge on any atom is 0.259 e. The van der Waals surface area contributed by atoms with Crippen LogP contribution in [-0.4, -0.2) is 29.9 Å². The maximum atomic E-state index is 14.4. The lowest BCUT2D eigenvalue weighted by Crippen LogP contribution is -2.17. The molecule has 0 fully saturated rings. The number of aryl methyl sites for hydroxylation is 3. The number of hydrogen-bond donors (Lipinski definition) is 1. The Balaban J connectivity index is 1.98. The number of halogens is 1. The van der Waals surface area contributed by atoms with E-state index in [1.807, 2.05) is 32.9 Å². The largest absolute Gasteiger partial charge is 0.493 e. The molecule has 1 aromatic heterocycles. The number of benzene rings is 2. The quantitative estimate of drug-likeness (QED) is 0.717. The number of nitrogens with zero attached hydrogens (tertiary/aromatic N) is 2. The Bertz CT molecular complexity index is 1020. The van der Waals surface area contributed by atoms with Gasteiger partial charge in [0.2, 0.25) is 0 Å². The molecule has 0 bridgehead atoms. The molecule has 28 heavy (non-hydrogen) atoms. The van der Waals surface area contributed by atoms with Crippen LogP contribution < -0.4 is 14.8 Å². The standard InChI is InChI=1S/C21H22FN3O3/c1-12-6-13(2)8-15(7-12)25-20(9-14(3)24-25)23-21(26)16-10-18(27-4)19(28-5)11-17(16)22/h6-11H,1-5H3,(H,23,26). The number of hydrogen-bond acceptors (Lipinski definition) is 4. The highest BCUT2D eigenvalue weighted by molar-refractivity contribution is 6.04. The summed E-state index contributed by atoms with van der Waals surface area (Å²) in [6, 6.07) is 10.2. The maximum absolute atomic E-state index is 14.4. The van der Waals surface area contributed by atoms with Crippen molar-refractivity contribution in [2.24, 2.45) is 0 Å². The minimum Gasteiger partial charge on any atom is -0.493 e. The highest BCUT2D eigenvalue weighted by Gasteiger charge is 2.19. The smallest absolute Gasteiger partial charge is 0.259 e. The molecule has 3 rings (SSSR count). The lowest BCUT2D eigenvalue weighted by Gasteiger charge is -2.13. The molecule has 0 spiro atoms. The van der Waals surface area contributed by atoms with Crippen LogP contribution in [0.15, 0.2) is 36.4 Å². The highest BCUT2D eigenvalue weighted by atomic mass is 19.1. The van der Waals surface area contributed by atoms with Crippen LogP contribution in [0.2, 0.25) is 0 Å².